The highest BCUT2D eigenvalue weighted by molar-refractivity contribution is 5.86. The van der Waals surface area contributed by atoms with Crippen LogP contribution < -0.4 is 10.5 Å². The molecule has 0 spiro atoms. The first-order valence-corrected chi connectivity index (χ1v) is 4.42. The molecule has 2 rings (SSSR count). The largest absolute Gasteiger partial charge is 0.494 e. The third-order valence-corrected chi connectivity index (χ3v) is 2.13. The SMILES string of the molecule is COc1cccc2c(C(C)N)onc12. The van der Waals surface area contributed by atoms with E-state index in [1.165, 1.54) is 0 Å². The number of aromatic nitrogens is 1. The number of nitrogens with zero attached hydrogens (tertiary/aromatic N) is 1. The lowest BCUT2D eigenvalue weighted by Crippen LogP contribution is -2.03. The van der Waals surface area contributed by atoms with Gasteiger partial charge in [-0.15, -0.1) is 0 Å². The van der Waals surface area contributed by atoms with E-state index in [2.05, 4.69) is 5.16 Å². The quantitative estimate of drug-likeness (QED) is 0.788. The normalized spacial score (nSPS) is 13.1. The molecule has 1 atom stereocenters. The molecule has 14 heavy (non-hydrogen) atoms. The van der Waals surface area contributed by atoms with Gasteiger partial charge in [-0.1, -0.05) is 11.2 Å². The van der Waals surface area contributed by atoms with Gasteiger partial charge in [-0.25, -0.2) is 0 Å². The Balaban J connectivity index is 2.69. The number of methoxy groups -OCH3 is 1. The summed E-state index contributed by atoms with van der Waals surface area (Å²) in [5.41, 5.74) is 6.47. The minimum atomic E-state index is -0.160. The summed E-state index contributed by atoms with van der Waals surface area (Å²) in [6.07, 6.45) is 0. The third-order valence-electron chi connectivity index (χ3n) is 2.13. The molecule has 0 amide bonds. The fourth-order valence-corrected chi connectivity index (χ4v) is 1.45. The Morgan fingerprint density at radius 2 is 2.29 bits per heavy atom. The van der Waals surface area contributed by atoms with Crippen molar-refractivity contribution in [3.8, 4) is 5.75 Å². The molecular weight excluding hydrogens is 180 g/mol. The Labute approximate surface area is 81.6 Å². The average molecular weight is 192 g/mol. The van der Waals surface area contributed by atoms with Crippen molar-refractivity contribution in [2.24, 2.45) is 5.73 Å². The molecule has 0 fully saturated rings. The Morgan fingerprint density at radius 3 is 2.93 bits per heavy atom. The summed E-state index contributed by atoms with van der Waals surface area (Å²) in [7, 11) is 1.61. The molecule has 4 nitrogen and oxygen atoms in total. The molecule has 0 aliphatic carbocycles. The minimum absolute atomic E-state index is 0.160. The zero-order valence-electron chi connectivity index (χ0n) is 8.15. The van der Waals surface area contributed by atoms with Gasteiger partial charge >= 0.3 is 0 Å². The van der Waals surface area contributed by atoms with E-state index in [-0.39, 0.29) is 6.04 Å². The molecule has 4 heteroatoms. The van der Waals surface area contributed by atoms with Crippen LogP contribution in [0.3, 0.4) is 0 Å². The summed E-state index contributed by atoms with van der Waals surface area (Å²) in [6, 6.07) is 5.50. The van der Waals surface area contributed by atoms with Crippen LogP contribution >= 0.6 is 0 Å². The van der Waals surface area contributed by atoms with E-state index in [0.717, 1.165) is 10.9 Å². The zero-order chi connectivity index (χ0) is 10.1. The molecule has 0 aliphatic rings. The highest BCUT2D eigenvalue weighted by atomic mass is 16.5. The molecule has 0 aliphatic heterocycles. The van der Waals surface area contributed by atoms with Gasteiger partial charge in [0.1, 0.15) is 5.75 Å². The van der Waals surface area contributed by atoms with Crippen molar-refractivity contribution < 1.29 is 9.26 Å². The molecule has 0 saturated carbocycles. The first kappa shape index (κ1) is 9.02. The Bertz CT molecular complexity index is 448. The van der Waals surface area contributed by atoms with Gasteiger partial charge in [-0.05, 0) is 19.1 Å². The lowest BCUT2D eigenvalue weighted by Gasteiger charge is -2.00. The number of nitrogens with two attached hydrogens (primary N) is 1. The van der Waals surface area contributed by atoms with Crippen molar-refractivity contribution in [3.05, 3.63) is 24.0 Å². The number of fused-ring (bicyclic) bond motifs is 1. The number of hydrogen-bond donors (Lipinski definition) is 1. The lowest BCUT2D eigenvalue weighted by molar-refractivity contribution is 0.370. The van der Waals surface area contributed by atoms with Gasteiger partial charge in [0.25, 0.3) is 0 Å². The molecule has 1 aromatic heterocycles. The van der Waals surface area contributed by atoms with Crippen molar-refractivity contribution in [2.45, 2.75) is 13.0 Å². The Kier molecular flexibility index (Phi) is 2.13. The smallest absolute Gasteiger partial charge is 0.161 e. The van der Waals surface area contributed by atoms with Crippen molar-refractivity contribution in [1.82, 2.24) is 5.16 Å². The second kappa shape index (κ2) is 3.31. The van der Waals surface area contributed by atoms with Gasteiger partial charge in [0.05, 0.1) is 18.5 Å². The van der Waals surface area contributed by atoms with Crippen LogP contribution in [0.4, 0.5) is 0 Å². The highest BCUT2D eigenvalue weighted by Gasteiger charge is 2.14. The van der Waals surface area contributed by atoms with Crippen LogP contribution in [0, 0.1) is 0 Å². The maximum absolute atomic E-state index is 5.74. The van der Waals surface area contributed by atoms with Crippen LogP contribution in [0.25, 0.3) is 10.9 Å². The van der Waals surface area contributed by atoms with E-state index in [9.17, 15) is 0 Å². The summed E-state index contributed by atoms with van der Waals surface area (Å²) in [6.45, 7) is 1.86. The van der Waals surface area contributed by atoms with Gasteiger partial charge < -0.3 is 15.0 Å². The van der Waals surface area contributed by atoms with Gasteiger partial charge in [0.15, 0.2) is 11.3 Å². The predicted octanol–water partition coefficient (Wildman–Crippen LogP) is 1.86. The number of benzene rings is 1. The van der Waals surface area contributed by atoms with Crippen molar-refractivity contribution in [1.29, 1.82) is 0 Å². The van der Waals surface area contributed by atoms with Gasteiger partial charge in [-0.2, -0.15) is 0 Å². The van der Waals surface area contributed by atoms with E-state index in [1.807, 2.05) is 25.1 Å². The summed E-state index contributed by atoms with van der Waals surface area (Å²) in [5.74, 6) is 1.40. The monoisotopic (exact) mass is 192 g/mol. The third kappa shape index (κ3) is 1.24. The summed E-state index contributed by atoms with van der Waals surface area (Å²) in [4.78, 5) is 0. The number of rotatable bonds is 2. The predicted molar refractivity (Wildman–Crippen MR) is 53.2 cm³/mol. The fraction of sp³-hybridized carbons (Fsp3) is 0.300. The molecule has 74 valence electrons. The Morgan fingerprint density at radius 1 is 1.50 bits per heavy atom. The maximum Gasteiger partial charge on any atom is 0.161 e. The average Bonchev–Trinajstić information content (AvgIpc) is 2.60. The van der Waals surface area contributed by atoms with Crippen LogP contribution in [0.1, 0.15) is 18.7 Å². The van der Waals surface area contributed by atoms with Gasteiger partial charge in [-0.3, -0.25) is 0 Å². The van der Waals surface area contributed by atoms with E-state index in [1.54, 1.807) is 7.11 Å². The molecule has 2 N–H and O–H groups in total. The molecule has 0 saturated heterocycles. The topological polar surface area (TPSA) is 61.3 Å². The van der Waals surface area contributed by atoms with Crippen LogP contribution in [-0.4, -0.2) is 12.3 Å². The number of ether oxygens (including phenoxy) is 1. The lowest BCUT2D eigenvalue weighted by atomic mass is 10.1. The highest BCUT2D eigenvalue weighted by Crippen LogP contribution is 2.29. The van der Waals surface area contributed by atoms with Crippen molar-refractivity contribution in [2.75, 3.05) is 7.11 Å². The second-order valence-electron chi connectivity index (χ2n) is 3.19. The van der Waals surface area contributed by atoms with Gasteiger partial charge in [0, 0.05) is 0 Å². The van der Waals surface area contributed by atoms with Gasteiger partial charge in [0.2, 0.25) is 0 Å². The molecule has 0 bridgehead atoms. The standard InChI is InChI=1S/C10H12N2O2/c1-6(11)10-7-4-3-5-8(13-2)9(7)12-14-10/h3-6H,11H2,1-2H3. The summed E-state index contributed by atoms with van der Waals surface area (Å²) < 4.78 is 10.3. The zero-order valence-corrected chi connectivity index (χ0v) is 8.15. The van der Waals surface area contributed by atoms with Crippen LogP contribution in [0.5, 0.6) is 5.75 Å². The molecular formula is C10H12N2O2. The summed E-state index contributed by atoms with van der Waals surface area (Å²) >= 11 is 0. The van der Waals surface area contributed by atoms with E-state index < -0.39 is 0 Å². The summed E-state index contributed by atoms with van der Waals surface area (Å²) in [5, 5.41) is 4.85. The fourth-order valence-electron chi connectivity index (χ4n) is 1.45. The second-order valence-corrected chi connectivity index (χ2v) is 3.19. The van der Waals surface area contributed by atoms with Crippen LogP contribution in [-0.2, 0) is 0 Å². The molecule has 0 radical (unpaired) electrons. The van der Waals surface area contributed by atoms with Crippen LogP contribution in [0.2, 0.25) is 0 Å². The van der Waals surface area contributed by atoms with Crippen molar-refractivity contribution >= 4 is 10.9 Å². The van der Waals surface area contributed by atoms with E-state index in [0.29, 0.717) is 11.5 Å². The van der Waals surface area contributed by atoms with Crippen molar-refractivity contribution in [3.63, 3.8) is 0 Å². The van der Waals surface area contributed by atoms with E-state index in [4.69, 9.17) is 15.0 Å². The number of hydrogen-bond acceptors (Lipinski definition) is 4. The van der Waals surface area contributed by atoms with Crippen LogP contribution in [0.15, 0.2) is 22.7 Å². The first-order valence-electron chi connectivity index (χ1n) is 4.42. The Hall–Kier alpha value is -1.55. The van der Waals surface area contributed by atoms with E-state index >= 15 is 0 Å². The molecule has 1 unspecified atom stereocenters. The first-order chi connectivity index (χ1) is 6.74. The molecule has 1 heterocycles. The maximum atomic E-state index is 5.74. The molecule has 1 aromatic carbocycles. The molecule has 2 aromatic rings. The minimum Gasteiger partial charge on any atom is -0.494 e.